The molecule has 6 heteroatoms. The van der Waals surface area contributed by atoms with E-state index < -0.39 is 23.1 Å². The molecule has 1 aliphatic rings. The van der Waals surface area contributed by atoms with E-state index in [0.29, 0.717) is 0 Å². The van der Waals surface area contributed by atoms with Gasteiger partial charge in [0.2, 0.25) is 0 Å². The highest BCUT2D eigenvalue weighted by atomic mass is 35.5. The quantitative estimate of drug-likeness (QED) is 0.625. The summed E-state index contributed by atoms with van der Waals surface area (Å²) in [5, 5.41) is 19.5. The molecule has 0 saturated carbocycles. The van der Waals surface area contributed by atoms with Gasteiger partial charge in [0.05, 0.1) is 26.7 Å². The first-order valence-corrected chi connectivity index (χ1v) is 6.31. The Labute approximate surface area is 123 Å². The summed E-state index contributed by atoms with van der Waals surface area (Å²) in [5.41, 5.74) is -0.312. The molecule has 0 heterocycles. The number of carbonyl (C=O) groups excluding carboxylic acids is 2. The minimum atomic E-state index is -0.643. The van der Waals surface area contributed by atoms with Crippen LogP contribution < -0.4 is 0 Å². The molecule has 0 spiro atoms. The lowest BCUT2D eigenvalue weighted by atomic mass is 9.83. The van der Waals surface area contributed by atoms with E-state index in [1.54, 1.807) is 0 Å². The first-order chi connectivity index (χ1) is 9.43. The fourth-order valence-electron chi connectivity index (χ4n) is 2.25. The molecule has 20 heavy (non-hydrogen) atoms. The van der Waals surface area contributed by atoms with Crippen molar-refractivity contribution in [3.05, 3.63) is 56.6 Å². The molecule has 4 nitrogen and oxygen atoms in total. The largest absolute Gasteiger partial charge is 0.504 e. The van der Waals surface area contributed by atoms with Crippen LogP contribution in [0, 0.1) is 0 Å². The lowest BCUT2D eigenvalue weighted by Crippen LogP contribution is -2.22. The van der Waals surface area contributed by atoms with Gasteiger partial charge in [-0.25, -0.2) is 0 Å². The minimum Gasteiger partial charge on any atom is -0.504 e. The van der Waals surface area contributed by atoms with E-state index in [9.17, 15) is 19.8 Å². The van der Waals surface area contributed by atoms with Crippen LogP contribution in [0.15, 0.2) is 24.3 Å². The fraction of sp³-hybridized carbons (Fsp3) is 0. The zero-order valence-electron chi connectivity index (χ0n) is 9.78. The van der Waals surface area contributed by atoms with Crippen molar-refractivity contribution in [2.24, 2.45) is 0 Å². The second-order valence-corrected chi connectivity index (χ2v) is 5.11. The van der Waals surface area contributed by atoms with Crippen molar-refractivity contribution in [3.8, 4) is 11.5 Å². The monoisotopic (exact) mass is 308 g/mol. The van der Waals surface area contributed by atoms with Crippen molar-refractivity contribution in [3.63, 3.8) is 0 Å². The van der Waals surface area contributed by atoms with Crippen LogP contribution in [-0.2, 0) is 0 Å². The van der Waals surface area contributed by atoms with E-state index >= 15 is 0 Å². The first-order valence-electron chi connectivity index (χ1n) is 5.55. The van der Waals surface area contributed by atoms with Gasteiger partial charge in [-0.2, -0.15) is 0 Å². The Bertz CT molecular complexity index is 792. The molecular weight excluding hydrogens is 303 g/mol. The van der Waals surface area contributed by atoms with Gasteiger partial charge in [0.1, 0.15) is 0 Å². The summed E-state index contributed by atoms with van der Waals surface area (Å²) >= 11 is 11.9. The molecule has 0 radical (unpaired) electrons. The number of hydrogen-bond acceptors (Lipinski definition) is 4. The minimum absolute atomic E-state index is 0.0121. The number of carbonyl (C=O) groups is 2. The lowest BCUT2D eigenvalue weighted by Gasteiger charge is -2.20. The normalized spacial score (nSPS) is 13.1. The van der Waals surface area contributed by atoms with Gasteiger partial charge in [-0.3, -0.25) is 9.59 Å². The van der Waals surface area contributed by atoms with Crippen LogP contribution in [-0.4, -0.2) is 21.8 Å². The third-order valence-corrected chi connectivity index (χ3v) is 3.82. The van der Waals surface area contributed by atoms with Crippen molar-refractivity contribution < 1.29 is 19.8 Å². The Morgan fingerprint density at radius 3 is 1.90 bits per heavy atom. The van der Waals surface area contributed by atoms with E-state index in [4.69, 9.17) is 23.2 Å². The number of ketones is 2. The van der Waals surface area contributed by atoms with Gasteiger partial charge < -0.3 is 10.2 Å². The highest BCUT2D eigenvalue weighted by Crippen LogP contribution is 2.41. The molecule has 0 aromatic heterocycles. The van der Waals surface area contributed by atoms with E-state index in [2.05, 4.69) is 0 Å². The molecule has 2 aromatic carbocycles. The maximum absolute atomic E-state index is 12.4. The van der Waals surface area contributed by atoms with Crippen molar-refractivity contribution in [2.75, 3.05) is 0 Å². The summed E-state index contributed by atoms with van der Waals surface area (Å²) in [6.07, 6.45) is 0. The second kappa shape index (κ2) is 4.23. The molecular formula is C14H6Cl2O4. The second-order valence-electron chi connectivity index (χ2n) is 4.29. The lowest BCUT2D eigenvalue weighted by molar-refractivity contribution is 0.0976. The summed E-state index contributed by atoms with van der Waals surface area (Å²) < 4.78 is 0. The zero-order chi connectivity index (χ0) is 14.6. The van der Waals surface area contributed by atoms with Gasteiger partial charge >= 0.3 is 0 Å². The van der Waals surface area contributed by atoms with Crippen LogP contribution in [0.3, 0.4) is 0 Å². The number of rotatable bonds is 0. The Hall–Kier alpha value is -2.04. The van der Waals surface area contributed by atoms with Crippen LogP contribution >= 0.6 is 23.2 Å². The van der Waals surface area contributed by atoms with Crippen molar-refractivity contribution in [1.82, 2.24) is 0 Å². The van der Waals surface area contributed by atoms with Gasteiger partial charge in [-0.1, -0.05) is 23.2 Å². The van der Waals surface area contributed by atoms with Gasteiger partial charge in [0.15, 0.2) is 23.1 Å². The molecule has 0 amide bonds. The molecule has 2 aromatic rings. The molecule has 3 rings (SSSR count). The van der Waals surface area contributed by atoms with Crippen molar-refractivity contribution in [1.29, 1.82) is 0 Å². The van der Waals surface area contributed by atoms with Crippen LogP contribution in [0.1, 0.15) is 31.8 Å². The molecule has 2 N–H and O–H groups in total. The van der Waals surface area contributed by atoms with Gasteiger partial charge in [-0.05, 0) is 24.3 Å². The number of phenols is 2. The third-order valence-electron chi connectivity index (χ3n) is 3.19. The standard InChI is InChI=1S/C14H6Cl2O4/c15-6-2-3-7(16)11-10(6)12(18)5-1-4-8(17)13(19)9(5)14(11)20/h1-4,17,19H. The van der Waals surface area contributed by atoms with Crippen molar-refractivity contribution >= 4 is 34.8 Å². The molecule has 0 fully saturated rings. The van der Waals surface area contributed by atoms with Crippen molar-refractivity contribution in [2.45, 2.75) is 0 Å². The van der Waals surface area contributed by atoms with E-state index in [-0.39, 0.29) is 32.3 Å². The molecule has 0 atom stereocenters. The molecule has 0 aliphatic heterocycles. The van der Waals surface area contributed by atoms with Crippen LogP contribution in [0.4, 0.5) is 0 Å². The number of phenolic OH excluding ortho intramolecular Hbond substituents is 2. The summed E-state index contributed by atoms with van der Waals surface area (Å²) in [6, 6.07) is 5.24. The summed E-state index contributed by atoms with van der Waals surface area (Å²) in [7, 11) is 0. The van der Waals surface area contributed by atoms with Crippen LogP contribution in [0.2, 0.25) is 10.0 Å². The van der Waals surface area contributed by atoms with Gasteiger partial charge in [0.25, 0.3) is 0 Å². The number of fused-ring (bicyclic) bond motifs is 2. The van der Waals surface area contributed by atoms with E-state index in [1.165, 1.54) is 18.2 Å². The highest BCUT2D eigenvalue weighted by molar-refractivity contribution is 6.43. The Kier molecular flexibility index (Phi) is 2.74. The topological polar surface area (TPSA) is 74.6 Å². The van der Waals surface area contributed by atoms with Gasteiger partial charge in [0, 0.05) is 5.56 Å². The Balaban J connectivity index is 2.43. The fourth-order valence-corrected chi connectivity index (χ4v) is 2.74. The molecule has 0 bridgehead atoms. The molecule has 1 aliphatic carbocycles. The number of hydrogen-bond donors (Lipinski definition) is 2. The zero-order valence-corrected chi connectivity index (χ0v) is 11.3. The number of halogens is 2. The maximum Gasteiger partial charge on any atom is 0.199 e. The number of aromatic hydroxyl groups is 2. The smallest absolute Gasteiger partial charge is 0.199 e. The molecule has 0 unspecified atom stereocenters. The van der Waals surface area contributed by atoms with E-state index in [1.807, 2.05) is 0 Å². The first kappa shape index (κ1) is 13.0. The predicted octanol–water partition coefficient (Wildman–Crippen LogP) is 3.18. The predicted molar refractivity (Wildman–Crippen MR) is 73.1 cm³/mol. The Morgan fingerprint density at radius 1 is 0.750 bits per heavy atom. The number of benzene rings is 2. The highest BCUT2D eigenvalue weighted by Gasteiger charge is 2.36. The molecule has 0 saturated heterocycles. The Morgan fingerprint density at radius 2 is 1.30 bits per heavy atom. The van der Waals surface area contributed by atoms with Crippen LogP contribution in [0.5, 0.6) is 11.5 Å². The van der Waals surface area contributed by atoms with E-state index in [0.717, 1.165) is 6.07 Å². The average Bonchev–Trinajstić information content (AvgIpc) is 2.41. The summed E-state index contributed by atoms with van der Waals surface area (Å²) in [4.78, 5) is 24.8. The summed E-state index contributed by atoms with van der Waals surface area (Å²) in [6.45, 7) is 0. The maximum atomic E-state index is 12.4. The average molecular weight is 309 g/mol. The summed E-state index contributed by atoms with van der Waals surface area (Å²) in [5.74, 6) is -2.28. The van der Waals surface area contributed by atoms with Crippen LogP contribution in [0.25, 0.3) is 0 Å². The molecule has 100 valence electrons. The SMILES string of the molecule is O=C1c2ccc(O)c(O)c2C(=O)c2c(Cl)ccc(Cl)c21. The third kappa shape index (κ3) is 1.55. The van der Waals surface area contributed by atoms with Gasteiger partial charge in [-0.15, -0.1) is 0 Å².